The Morgan fingerprint density at radius 1 is 1.11 bits per heavy atom. The number of aliphatic hydroxyl groups is 1. The molecule has 0 saturated carbocycles. The van der Waals surface area contributed by atoms with Crippen LogP contribution in [0.1, 0.15) is 46.1 Å². The van der Waals surface area contributed by atoms with E-state index in [2.05, 4.69) is 33.9 Å². The second kappa shape index (κ2) is 15.0. The van der Waals surface area contributed by atoms with Gasteiger partial charge in [-0.1, -0.05) is 51.1 Å². The van der Waals surface area contributed by atoms with Gasteiger partial charge in [0.25, 0.3) is 0 Å². The Morgan fingerprint density at radius 3 is 2.28 bits per heavy atom. The number of ether oxygens (including phenoxy) is 2. The Hall–Kier alpha value is -2.43. The third-order valence-electron chi connectivity index (χ3n) is 6.50. The van der Waals surface area contributed by atoms with Crippen molar-refractivity contribution in [1.29, 1.82) is 0 Å². The van der Waals surface area contributed by atoms with Gasteiger partial charge in [0.2, 0.25) is 5.91 Å². The van der Waals surface area contributed by atoms with Crippen LogP contribution in [0.5, 0.6) is 0 Å². The van der Waals surface area contributed by atoms with Crippen LogP contribution in [0.25, 0.3) is 0 Å². The lowest BCUT2D eigenvalue weighted by Crippen LogP contribution is -2.48. The Bertz CT molecular complexity index is 827. The second-order valence-electron chi connectivity index (χ2n) is 10.1. The first-order chi connectivity index (χ1) is 16.9. The van der Waals surface area contributed by atoms with Gasteiger partial charge in [0, 0.05) is 45.7 Å². The molecule has 1 heterocycles. The summed E-state index contributed by atoms with van der Waals surface area (Å²) in [5.74, 6) is -0.654. The fourth-order valence-electron chi connectivity index (χ4n) is 3.34. The van der Waals surface area contributed by atoms with Crippen molar-refractivity contribution in [3.05, 3.63) is 35.9 Å². The highest BCUT2D eigenvalue weighted by molar-refractivity contribution is 6.74. The maximum Gasteiger partial charge on any atom is 0.410 e. The number of benzene rings is 1. The molecule has 1 atom stereocenters. The topological polar surface area (TPSA) is 106 Å². The van der Waals surface area contributed by atoms with E-state index in [-0.39, 0.29) is 50.2 Å². The van der Waals surface area contributed by atoms with Gasteiger partial charge in [0.15, 0.2) is 8.32 Å². The van der Waals surface area contributed by atoms with Gasteiger partial charge >= 0.3 is 12.1 Å². The summed E-state index contributed by atoms with van der Waals surface area (Å²) in [7, 11) is -0.662. The van der Waals surface area contributed by atoms with E-state index in [1.165, 1.54) is 16.9 Å². The van der Waals surface area contributed by atoms with Crippen LogP contribution >= 0.6 is 0 Å². The summed E-state index contributed by atoms with van der Waals surface area (Å²) in [5, 5.41) is 7.62. The zero-order valence-electron chi connectivity index (χ0n) is 22.9. The largest absolute Gasteiger partial charge is 0.467 e. The van der Waals surface area contributed by atoms with Crippen molar-refractivity contribution in [3.8, 4) is 0 Å². The number of nitrogens with zero attached hydrogens (tertiary/aromatic N) is 2. The van der Waals surface area contributed by atoms with E-state index in [4.69, 9.17) is 19.0 Å². The molecule has 1 aliphatic rings. The Labute approximate surface area is 216 Å². The van der Waals surface area contributed by atoms with Gasteiger partial charge < -0.3 is 28.8 Å². The van der Waals surface area contributed by atoms with E-state index in [0.717, 1.165) is 5.56 Å². The lowest BCUT2D eigenvalue weighted by molar-refractivity contribution is -0.153. The van der Waals surface area contributed by atoms with Gasteiger partial charge in [-0.05, 0) is 30.6 Å². The molecule has 1 unspecified atom stereocenters. The van der Waals surface area contributed by atoms with Gasteiger partial charge in [-0.3, -0.25) is 4.79 Å². The summed E-state index contributed by atoms with van der Waals surface area (Å²) >= 11 is 0. The van der Waals surface area contributed by atoms with Crippen molar-refractivity contribution >= 4 is 26.3 Å². The first-order valence-electron chi connectivity index (χ1n) is 12.5. The molecule has 1 aromatic rings. The molecular formula is C26H44N2O7Si. The third-order valence-corrected chi connectivity index (χ3v) is 11.0. The smallest absolute Gasteiger partial charge is 0.410 e. The zero-order valence-corrected chi connectivity index (χ0v) is 23.9. The van der Waals surface area contributed by atoms with Crippen LogP contribution in [0.4, 0.5) is 4.79 Å². The fourth-order valence-corrected chi connectivity index (χ4v) is 4.40. The number of carbonyl (C=O) groups is 3. The highest BCUT2D eigenvalue weighted by atomic mass is 28.4. The molecule has 1 aliphatic heterocycles. The zero-order chi connectivity index (χ0) is 27.4. The minimum atomic E-state index is -1.98. The van der Waals surface area contributed by atoms with Crippen molar-refractivity contribution in [1.82, 2.24) is 9.80 Å². The molecule has 0 radical (unpaired) electrons. The summed E-state index contributed by atoms with van der Waals surface area (Å²) in [5.41, 5.74) is 0.894. The number of esters is 1. The molecule has 2 amide bonds. The standard InChI is InChI=1S/C24H38N2O6Si.C2H6O/c1-24(2,3)33(5,6)32-17-13-20(22(28)30-4)26-16-15-25(14-12-21(26)27)23(29)31-18-19-10-8-7-9-11-19;1-2-3/h7-11,20H,12-18H2,1-6H3;3H,2H2,1H3. The molecule has 9 nitrogen and oxygen atoms in total. The maximum absolute atomic E-state index is 12.9. The van der Waals surface area contributed by atoms with Crippen molar-refractivity contribution in [2.45, 2.75) is 71.3 Å². The molecule has 0 aromatic heterocycles. The van der Waals surface area contributed by atoms with E-state index in [9.17, 15) is 14.4 Å². The Morgan fingerprint density at radius 2 is 1.72 bits per heavy atom. The molecule has 2 rings (SSSR count). The van der Waals surface area contributed by atoms with Crippen molar-refractivity contribution < 1.29 is 33.4 Å². The summed E-state index contributed by atoms with van der Waals surface area (Å²) in [6.07, 6.45) is 0.00445. The molecule has 0 spiro atoms. The van der Waals surface area contributed by atoms with E-state index in [1.807, 2.05) is 30.3 Å². The van der Waals surface area contributed by atoms with E-state index >= 15 is 0 Å². The van der Waals surface area contributed by atoms with E-state index < -0.39 is 26.4 Å². The number of hydrogen-bond donors (Lipinski definition) is 1. The van der Waals surface area contributed by atoms with E-state index in [0.29, 0.717) is 13.0 Å². The minimum Gasteiger partial charge on any atom is -0.467 e. The average molecular weight is 525 g/mol. The second-order valence-corrected chi connectivity index (χ2v) is 14.9. The first-order valence-corrected chi connectivity index (χ1v) is 15.4. The summed E-state index contributed by atoms with van der Waals surface area (Å²) in [4.78, 5) is 41.0. The first kappa shape index (κ1) is 31.6. The number of rotatable bonds is 8. The van der Waals surface area contributed by atoms with Crippen molar-refractivity contribution in [2.75, 3.05) is 40.0 Å². The van der Waals surface area contributed by atoms with Crippen LogP contribution in [-0.2, 0) is 30.1 Å². The van der Waals surface area contributed by atoms with Gasteiger partial charge in [-0.25, -0.2) is 9.59 Å². The molecule has 1 saturated heterocycles. The molecular weight excluding hydrogens is 480 g/mol. The van der Waals surface area contributed by atoms with Gasteiger partial charge in [-0.15, -0.1) is 0 Å². The summed E-state index contributed by atoms with van der Waals surface area (Å²) in [6, 6.07) is 8.69. The lowest BCUT2D eigenvalue weighted by Gasteiger charge is -2.37. The van der Waals surface area contributed by atoms with Gasteiger partial charge in [0.05, 0.1) is 7.11 Å². The number of carbonyl (C=O) groups excluding carboxylic acids is 3. The van der Waals surface area contributed by atoms with Crippen molar-refractivity contribution in [2.24, 2.45) is 0 Å². The predicted octanol–water partition coefficient (Wildman–Crippen LogP) is 3.81. The number of hydrogen-bond acceptors (Lipinski definition) is 7. The van der Waals surface area contributed by atoms with Crippen LogP contribution in [0.15, 0.2) is 30.3 Å². The number of methoxy groups -OCH3 is 1. The van der Waals surface area contributed by atoms with Crippen LogP contribution in [-0.4, -0.2) is 87.2 Å². The Balaban J connectivity index is 0.00000205. The maximum atomic E-state index is 12.9. The highest BCUT2D eigenvalue weighted by Gasteiger charge is 2.38. The van der Waals surface area contributed by atoms with E-state index in [1.54, 1.807) is 6.92 Å². The fraction of sp³-hybridized carbons (Fsp3) is 0.654. The van der Waals surface area contributed by atoms with Gasteiger partial charge in [0.1, 0.15) is 12.6 Å². The quantitative estimate of drug-likeness (QED) is 0.407. The normalized spacial score (nSPS) is 15.4. The van der Waals surface area contributed by atoms with Crippen LogP contribution in [0, 0.1) is 0 Å². The molecule has 1 N–H and O–H groups in total. The molecule has 36 heavy (non-hydrogen) atoms. The molecule has 0 aliphatic carbocycles. The molecule has 0 bridgehead atoms. The van der Waals surface area contributed by atoms with Crippen LogP contribution in [0.2, 0.25) is 18.1 Å². The highest BCUT2D eigenvalue weighted by Crippen LogP contribution is 2.36. The number of amides is 2. The van der Waals surface area contributed by atoms with Gasteiger partial charge in [-0.2, -0.15) is 0 Å². The number of aliphatic hydroxyl groups excluding tert-OH is 1. The average Bonchev–Trinajstić information content (AvgIpc) is 3.02. The summed E-state index contributed by atoms with van der Waals surface area (Å²) < 4.78 is 16.6. The predicted molar refractivity (Wildman–Crippen MR) is 141 cm³/mol. The molecule has 1 fully saturated rings. The monoisotopic (exact) mass is 524 g/mol. The Kier molecular flexibility index (Phi) is 13.1. The minimum absolute atomic E-state index is 0.0484. The third kappa shape index (κ3) is 9.91. The van der Waals surface area contributed by atoms with Crippen LogP contribution in [0.3, 0.4) is 0 Å². The SMILES string of the molecule is CCO.COC(=O)C(CCO[Si](C)(C)C(C)(C)C)N1CCN(C(=O)OCc2ccccc2)CCC1=O. The lowest BCUT2D eigenvalue weighted by atomic mass is 10.1. The van der Waals surface area contributed by atoms with Crippen LogP contribution < -0.4 is 0 Å². The molecule has 204 valence electrons. The molecule has 10 heteroatoms. The summed E-state index contributed by atoms with van der Waals surface area (Å²) in [6.45, 7) is 14.0. The van der Waals surface area contributed by atoms with Crippen molar-refractivity contribution in [3.63, 3.8) is 0 Å². The molecule has 1 aromatic carbocycles.